The predicted octanol–water partition coefficient (Wildman–Crippen LogP) is 7.54. The van der Waals surface area contributed by atoms with Crippen molar-refractivity contribution >= 4 is 23.0 Å². The standard InChI is InChI=1S/C24H21ClFNO/c1-15-7-10-18(25)13-24(15)28-23-12-11-19(14-21(23)17-8-9-17)27-16(2)20-5-3-4-6-22(20)26/h3-7,10-14,17,27H,2,8-9H2,1H3. The highest BCUT2D eigenvalue weighted by atomic mass is 35.5. The fourth-order valence-corrected chi connectivity index (χ4v) is 3.34. The Kier molecular flexibility index (Phi) is 5.10. The summed E-state index contributed by atoms with van der Waals surface area (Å²) in [5.41, 5.74) is 4.03. The average molecular weight is 394 g/mol. The third-order valence-electron chi connectivity index (χ3n) is 4.89. The first-order chi connectivity index (χ1) is 13.5. The van der Waals surface area contributed by atoms with Gasteiger partial charge in [0.25, 0.3) is 0 Å². The van der Waals surface area contributed by atoms with Crippen molar-refractivity contribution in [2.45, 2.75) is 25.7 Å². The fourth-order valence-electron chi connectivity index (χ4n) is 3.18. The molecule has 4 heteroatoms. The molecule has 0 heterocycles. The van der Waals surface area contributed by atoms with Gasteiger partial charge in [-0.05, 0) is 79.3 Å². The Morgan fingerprint density at radius 1 is 1.07 bits per heavy atom. The zero-order chi connectivity index (χ0) is 19.7. The molecule has 3 aromatic rings. The lowest BCUT2D eigenvalue weighted by molar-refractivity contribution is 0.473. The summed E-state index contributed by atoms with van der Waals surface area (Å²) in [6.07, 6.45) is 2.28. The maximum absolute atomic E-state index is 14.0. The summed E-state index contributed by atoms with van der Waals surface area (Å²) in [6.45, 7) is 5.98. The zero-order valence-corrected chi connectivity index (χ0v) is 16.4. The van der Waals surface area contributed by atoms with Gasteiger partial charge in [-0.25, -0.2) is 4.39 Å². The van der Waals surface area contributed by atoms with Gasteiger partial charge in [-0.2, -0.15) is 0 Å². The van der Waals surface area contributed by atoms with E-state index in [1.165, 1.54) is 6.07 Å². The minimum Gasteiger partial charge on any atom is -0.457 e. The van der Waals surface area contributed by atoms with Crippen LogP contribution in [-0.4, -0.2) is 0 Å². The highest BCUT2D eigenvalue weighted by molar-refractivity contribution is 6.30. The van der Waals surface area contributed by atoms with Gasteiger partial charge in [0.15, 0.2) is 0 Å². The molecule has 0 spiro atoms. The van der Waals surface area contributed by atoms with Crippen molar-refractivity contribution in [1.29, 1.82) is 0 Å². The van der Waals surface area contributed by atoms with Crippen LogP contribution >= 0.6 is 11.6 Å². The van der Waals surface area contributed by atoms with E-state index in [-0.39, 0.29) is 5.82 Å². The van der Waals surface area contributed by atoms with Crippen LogP contribution in [0.4, 0.5) is 10.1 Å². The fraction of sp³-hybridized carbons (Fsp3) is 0.167. The molecule has 0 aromatic heterocycles. The number of hydrogen-bond acceptors (Lipinski definition) is 2. The van der Waals surface area contributed by atoms with Gasteiger partial charge < -0.3 is 10.1 Å². The second-order valence-electron chi connectivity index (χ2n) is 7.12. The highest BCUT2D eigenvalue weighted by Gasteiger charge is 2.27. The first-order valence-electron chi connectivity index (χ1n) is 9.30. The van der Waals surface area contributed by atoms with Gasteiger partial charge in [0, 0.05) is 22.0 Å². The quantitative estimate of drug-likeness (QED) is 0.467. The molecule has 2 nitrogen and oxygen atoms in total. The first kappa shape index (κ1) is 18.6. The Bertz CT molecular complexity index is 1040. The molecule has 0 aliphatic heterocycles. The number of nitrogens with one attached hydrogen (secondary N) is 1. The minimum atomic E-state index is -0.293. The SMILES string of the molecule is C=C(Nc1ccc(Oc2cc(Cl)ccc2C)c(C2CC2)c1)c1ccccc1F. The lowest BCUT2D eigenvalue weighted by Crippen LogP contribution is -2.01. The molecule has 1 N–H and O–H groups in total. The van der Waals surface area contributed by atoms with Crippen LogP contribution in [0.1, 0.15) is 35.4 Å². The second-order valence-corrected chi connectivity index (χ2v) is 7.56. The molecular weight excluding hydrogens is 373 g/mol. The molecule has 0 atom stereocenters. The van der Waals surface area contributed by atoms with Gasteiger partial charge in [0.05, 0.1) is 0 Å². The summed E-state index contributed by atoms with van der Waals surface area (Å²) < 4.78 is 20.2. The molecule has 0 unspecified atom stereocenters. The lowest BCUT2D eigenvalue weighted by atomic mass is 10.1. The number of rotatable bonds is 6. The summed E-state index contributed by atoms with van der Waals surface area (Å²) in [5.74, 6) is 1.78. The molecule has 1 aliphatic rings. The van der Waals surface area contributed by atoms with E-state index in [9.17, 15) is 4.39 Å². The van der Waals surface area contributed by atoms with Crippen LogP contribution in [0.3, 0.4) is 0 Å². The van der Waals surface area contributed by atoms with Gasteiger partial charge in [0.2, 0.25) is 0 Å². The Morgan fingerprint density at radius 3 is 2.61 bits per heavy atom. The van der Waals surface area contributed by atoms with Crippen molar-refractivity contribution in [2.24, 2.45) is 0 Å². The maximum atomic E-state index is 14.0. The van der Waals surface area contributed by atoms with Gasteiger partial charge in [0.1, 0.15) is 17.3 Å². The molecule has 3 aromatic carbocycles. The number of anilines is 1. The van der Waals surface area contributed by atoms with Gasteiger partial charge in [-0.3, -0.25) is 0 Å². The molecule has 28 heavy (non-hydrogen) atoms. The molecule has 1 saturated carbocycles. The van der Waals surface area contributed by atoms with Crippen LogP contribution in [0.2, 0.25) is 5.02 Å². The molecule has 0 amide bonds. The van der Waals surface area contributed by atoms with E-state index in [0.717, 1.165) is 41.2 Å². The predicted molar refractivity (Wildman–Crippen MR) is 114 cm³/mol. The van der Waals surface area contributed by atoms with E-state index in [4.69, 9.17) is 16.3 Å². The molecule has 0 bridgehead atoms. The summed E-state index contributed by atoms with van der Waals surface area (Å²) in [5, 5.41) is 3.87. The van der Waals surface area contributed by atoms with Gasteiger partial charge in [-0.15, -0.1) is 0 Å². The van der Waals surface area contributed by atoms with E-state index in [1.54, 1.807) is 18.2 Å². The van der Waals surface area contributed by atoms with E-state index in [0.29, 0.717) is 22.2 Å². The van der Waals surface area contributed by atoms with Gasteiger partial charge in [-0.1, -0.05) is 36.4 Å². The third kappa shape index (κ3) is 4.05. The van der Waals surface area contributed by atoms with Crippen LogP contribution in [0.15, 0.2) is 67.2 Å². The Balaban J connectivity index is 1.60. The Labute approximate surface area is 169 Å². The van der Waals surface area contributed by atoms with Crippen molar-refractivity contribution in [3.63, 3.8) is 0 Å². The summed E-state index contributed by atoms with van der Waals surface area (Å²) in [4.78, 5) is 0. The van der Waals surface area contributed by atoms with E-state index in [2.05, 4.69) is 18.0 Å². The number of ether oxygens (including phenoxy) is 1. The molecule has 4 rings (SSSR count). The van der Waals surface area contributed by atoms with Crippen LogP contribution in [-0.2, 0) is 0 Å². The van der Waals surface area contributed by atoms with Crippen LogP contribution < -0.4 is 10.1 Å². The topological polar surface area (TPSA) is 21.3 Å². The summed E-state index contributed by atoms with van der Waals surface area (Å²) >= 11 is 6.12. The second kappa shape index (κ2) is 7.69. The first-order valence-corrected chi connectivity index (χ1v) is 9.68. The number of aryl methyl sites for hydroxylation is 1. The zero-order valence-electron chi connectivity index (χ0n) is 15.6. The van der Waals surface area contributed by atoms with Crippen LogP contribution in [0.5, 0.6) is 11.5 Å². The Morgan fingerprint density at radius 2 is 1.86 bits per heavy atom. The average Bonchev–Trinajstić information content (AvgIpc) is 3.51. The van der Waals surface area contributed by atoms with Crippen LogP contribution in [0.25, 0.3) is 5.70 Å². The normalized spacial score (nSPS) is 13.2. The van der Waals surface area contributed by atoms with E-state index >= 15 is 0 Å². The number of hydrogen-bond donors (Lipinski definition) is 1. The summed E-state index contributed by atoms with van der Waals surface area (Å²) in [7, 11) is 0. The maximum Gasteiger partial charge on any atom is 0.132 e. The number of benzene rings is 3. The number of halogens is 2. The molecule has 1 fully saturated rings. The van der Waals surface area contributed by atoms with Crippen LogP contribution in [0, 0.1) is 12.7 Å². The largest absolute Gasteiger partial charge is 0.457 e. The molecule has 142 valence electrons. The molecule has 0 saturated heterocycles. The minimum absolute atomic E-state index is 0.293. The van der Waals surface area contributed by atoms with Crippen molar-refractivity contribution in [2.75, 3.05) is 5.32 Å². The monoisotopic (exact) mass is 393 g/mol. The molecular formula is C24H21ClFNO. The van der Waals surface area contributed by atoms with E-state index in [1.807, 2.05) is 37.3 Å². The van der Waals surface area contributed by atoms with E-state index < -0.39 is 0 Å². The Hall–Kier alpha value is -2.78. The van der Waals surface area contributed by atoms with Crippen molar-refractivity contribution < 1.29 is 9.13 Å². The molecule has 1 aliphatic carbocycles. The highest BCUT2D eigenvalue weighted by Crippen LogP contribution is 2.46. The van der Waals surface area contributed by atoms with Crippen molar-refractivity contribution in [3.05, 3.63) is 94.8 Å². The van der Waals surface area contributed by atoms with Gasteiger partial charge >= 0.3 is 0 Å². The third-order valence-corrected chi connectivity index (χ3v) is 5.13. The van der Waals surface area contributed by atoms with Crippen molar-refractivity contribution in [3.8, 4) is 11.5 Å². The molecule has 0 radical (unpaired) electrons. The summed E-state index contributed by atoms with van der Waals surface area (Å²) in [6, 6.07) is 18.2. The van der Waals surface area contributed by atoms with Crippen molar-refractivity contribution in [1.82, 2.24) is 0 Å². The lowest BCUT2D eigenvalue weighted by Gasteiger charge is -2.16. The smallest absolute Gasteiger partial charge is 0.132 e.